The van der Waals surface area contributed by atoms with E-state index in [0.717, 1.165) is 5.92 Å². The van der Waals surface area contributed by atoms with Crippen LogP contribution < -0.4 is 0 Å². The molecule has 0 nitrogen and oxygen atoms in total. The molecule has 1 aliphatic carbocycles. The van der Waals surface area contributed by atoms with E-state index >= 15 is 0 Å². The first-order chi connectivity index (χ1) is 10.6. The summed E-state index contributed by atoms with van der Waals surface area (Å²) in [4.78, 5) is 0. The summed E-state index contributed by atoms with van der Waals surface area (Å²) in [5.74, 6) is 0.764. The van der Waals surface area contributed by atoms with Gasteiger partial charge in [-0.05, 0) is 33.1 Å². The maximum absolute atomic E-state index is 2.31. The number of benzene rings is 2. The first kappa shape index (κ1) is 18.0. The average Bonchev–Trinajstić information content (AvgIpc) is 2.50. The van der Waals surface area contributed by atoms with Gasteiger partial charge in [0.25, 0.3) is 0 Å². The van der Waals surface area contributed by atoms with Gasteiger partial charge in [0, 0.05) is 0 Å². The van der Waals surface area contributed by atoms with Gasteiger partial charge in [-0.3, -0.25) is 0 Å². The molecule has 0 fully saturated rings. The summed E-state index contributed by atoms with van der Waals surface area (Å²) < 4.78 is 0. The van der Waals surface area contributed by atoms with E-state index in [9.17, 15) is 0 Å². The molecule has 22 heavy (non-hydrogen) atoms. The molecule has 0 amide bonds. The van der Waals surface area contributed by atoms with Crippen LogP contribution in [0.2, 0.25) is 0 Å². The van der Waals surface area contributed by atoms with Crippen molar-refractivity contribution in [1.29, 1.82) is 0 Å². The smallest absolute Gasteiger partial charge is 0.0222 e. The molecular formula is C22H28. The Bertz CT molecular complexity index is 524. The third kappa shape index (κ3) is 8.97. The second-order valence-electron chi connectivity index (χ2n) is 5.84. The average molecular weight is 292 g/mol. The van der Waals surface area contributed by atoms with E-state index in [-0.39, 0.29) is 0 Å². The molecule has 2 aromatic rings. The third-order valence-corrected chi connectivity index (χ3v) is 3.32. The fourth-order valence-electron chi connectivity index (χ4n) is 2.11. The van der Waals surface area contributed by atoms with Crippen LogP contribution in [0.15, 0.2) is 84.5 Å². The minimum Gasteiger partial charge on any atom is -0.0837 e. The Labute approximate surface area is 136 Å². The van der Waals surface area contributed by atoms with Crippen molar-refractivity contribution in [3.05, 3.63) is 95.6 Å². The van der Waals surface area contributed by atoms with E-state index in [1.165, 1.54) is 23.1 Å². The normalized spacial score (nSPS) is 15.6. The quantitative estimate of drug-likeness (QED) is 0.518. The van der Waals surface area contributed by atoms with Crippen LogP contribution in [0.4, 0.5) is 0 Å². The Balaban J connectivity index is 0.000000166. The van der Waals surface area contributed by atoms with Crippen LogP contribution in [-0.2, 0) is 0 Å². The maximum atomic E-state index is 2.31. The molecule has 2 aromatic carbocycles. The van der Waals surface area contributed by atoms with E-state index in [0.29, 0.717) is 0 Å². The Morgan fingerprint density at radius 2 is 1.18 bits per heavy atom. The molecule has 0 saturated carbocycles. The van der Waals surface area contributed by atoms with Gasteiger partial charge in [-0.2, -0.15) is 0 Å². The fourth-order valence-corrected chi connectivity index (χ4v) is 2.11. The predicted molar refractivity (Wildman–Crippen MR) is 99.0 cm³/mol. The van der Waals surface area contributed by atoms with Gasteiger partial charge < -0.3 is 0 Å². The molecule has 1 atom stereocenters. The first-order valence-corrected chi connectivity index (χ1v) is 7.96. The molecule has 116 valence electrons. The van der Waals surface area contributed by atoms with Crippen molar-refractivity contribution in [2.45, 2.75) is 34.1 Å². The summed E-state index contributed by atoms with van der Waals surface area (Å²) in [6.45, 7) is 8.55. The lowest BCUT2D eigenvalue weighted by Gasteiger charge is -2.07. The van der Waals surface area contributed by atoms with Crippen LogP contribution in [0, 0.1) is 19.8 Å². The van der Waals surface area contributed by atoms with Crippen molar-refractivity contribution < 1.29 is 0 Å². The number of allylic oxidation sites excluding steroid dienone is 4. The predicted octanol–water partition coefficient (Wildman–Crippen LogP) is 6.52. The summed E-state index contributed by atoms with van der Waals surface area (Å²) in [5, 5.41) is 0. The van der Waals surface area contributed by atoms with Crippen molar-refractivity contribution in [3.8, 4) is 0 Å². The Morgan fingerprint density at radius 1 is 0.727 bits per heavy atom. The maximum Gasteiger partial charge on any atom is -0.0222 e. The van der Waals surface area contributed by atoms with Crippen LogP contribution in [0.1, 0.15) is 31.4 Å². The Hall–Kier alpha value is -2.08. The lowest BCUT2D eigenvalue weighted by molar-refractivity contribution is 0.729. The van der Waals surface area contributed by atoms with Gasteiger partial charge in [0.15, 0.2) is 0 Å². The molecule has 1 unspecified atom stereocenters. The highest BCUT2D eigenvalue weighted by Crippen LogP contribution is 2.14. The minimum atomic E-state index is 0.764. The van der Waals surface area contributed by atoms with Crippen LogP contribution in [-0.4, -0.2) is 0 Å². The van der Waals surface area contributed by atoms with E-state index in [2.05, 4.69) is 70.2 Å². The molecule has 0 spiro atoms. The van der Waals surface area contributed by atoms with Crippen LogP contribution >= 0.6 is 0 Å². The van der Waals surface area contributed by atoms with Gasteiger partial charge >= 0.3 is 0 Å². The highest BCUT2D eigenvalue weighted by Gasteiger charge is 1.98. The second kappa shape index (κ2) is 10.6. The van der Waals surface area contributed by atoms with Crippen molar-refractivity contribution in [1.82, 2.24) is 0 Å². The SMILES string of the molecule is CC1=CC(C)CC=C1.Cc1ccccc1.Cc1ccccc1. The first-order valence-electron chi connectivity index (χ1n) is 7.96. The standard InChI is InChI=1S/C8H12.2C7H8/c1-7-4-3-5-8(2)6-7;2*1-7-5-3-2-4-6-7/h3-4,6,8H,5H2,1-2H3;2*2-6H,1H3. The summed E-state index contributed by atoms with van der Waals surface area (Å²) in [5.41, 5.74) is 4.05. The molecule has 1 aliphatic rings. The zero-order valence-electron chi connectivity index (χ0n) is 14.3. The fraction of sp³-hybridized carbons (Fsp3) is 0.273. The lowest BCUT2D eigenvalue weighted by atomic mass is 9.99. The molecule has 0 aromatic heterocycles. The monoisotopic (exact) mass is 292 g/mol. The van der Waals surface area contributed by atoms with Crippen LogP contribution in [0.25, 0.3) is 0 Å². The summed E-state index contributed by atoms with van der Waals surface area (Å²) in [6.07, 6.45) is 7.94. The van der Waals surface area contributed by atoms with E-state index in [1.807, 2.05) is 36.4 Å². The van der Waals surface area contributed by atoms with Gasteiger partial charge in [-0.15, -0.1) is 0 Å². The summed E-state index contributed by atoms with van der Waals surface area (Å²) in [6, 6.07) is 20.5. The molecule has 0 bridgehead atoms. The summed E-state index contributed by atoms with van der Waals surface area (Å²) in [7, 11) is 0. The van der Waals surface area contributed by atoms with Crippen molar-refractivity contribution in [3.63, 3.8) is 0 Å². The Kier molecular flexibility index (Phi) is 8.67. The molecule has 0 heterocycles. The zero-order valence-corrected chi connectivity index (χ0v) is 14.3. The number of aryl methyl sites for hydroxylation is 2. The molecule has 3 rings (SSSR count). The van der Waals surface area contributed by atoms with Gasteiger partial charge in [0.05, 0.1) is 0 Å². The van der Waals surface area contributed by atoms with E-state index in [4.69, 9.17) is 0 Å². The third-order valence-electron chi connectivity index (χ3n) is 3.32. The molecule has 0 N–H and O–H groups in total. The van der Waals surface area contributed by atoms with Crippen molar-refractivity contribution in [2.24, 2.45) is 5.92 Å². The van der Waals surface area contributed by atoms with Gasteiger partial charge in [-0.1, -0.05) is 103 Å². The van der Waals surface area contributed by atoms with Crippen LogP contribution in [0.3, 0.4) is 0 Å². The van der Waals surface area contributed by atoms with Crippen molar-refractivity contribution in [2.75, 3.05) is 0 Å². The van der Waals surface area contributed by atoms with E-state index in [1.54, 1.807) is 0 Å². The van der Waals surface area contributed by atoms with Crippen molar-refractivity contribution >= 4 is 0 Å². The number of rotatable bonds is 0. The molecular weight excluding hydrogens is 264 g/mol. The highest BCUT2D eigenvalue weighted by molar-refractivity contribution is 5.20. The molecule has 0 heteroatoms. The largest absolute Gasteiger partial charge is 0.0837 e. The summed E-state index contributed by atoms with van der Waals surface area (Å²) >= 11 is 0. The zero-order chi connectivity index (χ0) is 16.2. The van der Waals surface area contributed by atoms with Gasteiger partial charge in [-0.25, -0.2) is 0 Å². The molecule has 0 aliphatic heterocycles. The number of hydrogen-bond acceptors (Lipinski definition) is 0. The Morgan fingerprint density at radius 3 is 1.41 bits per heavy atom. The van der Waals surface area contributed by atoms with E-state index < -0.39 is 0 Å². The highest BCUT2D eigenvalue weighted by atomic mass is 14.0. The van der Waals surface area contributed by atoms with Crippen LogP contribution in [0.5, 0.6) is 0 Å². The van der Waals surface area contributed by atoms with Gasteiger partial charge in [0.2, 0.25) is 0 Å². The lowest BCUT2D eigenvalue weighted by Crippen LogP contribution is -1.91. The number of hydrogen-bond donors (Lipinski definition) is 0. The molecule has 0 radical (unpaired) electrons. The minimum absolute atomic E-state index is 0.764. The second-order valence-corrected chi connectivity index (χ2v) is 5.84. The molecule has 0 saturated heterocycles. The topological polar surface area (TPSA) is 0 Å². The van der Waals surface area contributed by atoms with Gasteiger partial charge in [0.1, 0.15) is 0 Å².